The number of rotatable bonds is 4. The van der Waals surface area contributed by atoms with Gasteiger partial charge in [-0.15, -0.1) is 0 Å². The summed E-state index contributed by atoms with van der Waals surface area (Å²) in [7, 11) is 0. The molecular formula is C20H19F2N3O. The normalized spacial score (nSPS) is 15.7. The molecule has 2 heterocycles. The van der Waals surface area contributed by atoms with Gasteiger partial charge < -0.3 is 5.11 Å². The van der Waals surface area contributed by atoms with Crippen LogP contribution in [-0.4, -0.2) is 26.3 Å². The zero-order valence-corrected chi connectivity index (χ0v) is 14.1. The quantitative estimate of drug-likeness (QED) is 0.781. The number of benzene rings is 2. The molecular weight excluding hydrogens is 336 g/mol. The van der Waals surface area contributed by atoms with Gasteiger partial charge in [-0.1, -0.05) is 36.4 Å². The van der Waals surface area contributed by atoms with E-state index in [4.69, 9.17) is 0 Å². The molecule has 3 aromatic rings. The molecule has 0 saturated heterocycles. The molecule has 0 aliphatic carbocycles. The lowest BCUT2D eigenvalue weighted by Crippen LogP contribution is -2.33. The Morgan fingerprint density at radius 2 is 1.81 bits per heavy atom. The maximum Gasteiger partial charge on any atom is 0.159 e. The lowest BCUT2D eigenvalue weighted by molar-refractivity contribution is 0.200. The van der Waals surface area contributed by atoms with Crippen molar-refractivity contribution in [3.05, 3.63) is 88.7 Å². The number of halogens is 2. The van der Waals surface area contributed by atoms with E-state index in [0.717, 1.165) is 29.4 Å². The second kappa shape index (κ2) is 6.97. The Labute approximate surface area is 150 Å². The van der Waals surface area contributed by atoms with Crippen molar-refractivity contribution in [1.82, 2.24) is 14.7 Å². The molecule has 0 amide bonds. The summed E-state index contributed by atoms with van der Waals surface area (Å²) in [5.41, 5.74) is 3.17. The number of aromatic nitrogens is 2. The van der Waals surface area contributed by atoms with Crippen LogP contribution >= 0.6 is 0 Å². The van der Waals surface area contributed by atoms with Gasteiger partial charge in [0.1, 0.15) is 6.10 Å². The average molecular weight is 355 g/mol. The molecule has 1 aliphatic rings. The van der Waals surface area contributed by atoms with Gasteiger partial charge >= 0.3 is 0 Å². The first-order chi connectivity index (χ1) is 12.6. The van der Waals surface area contributed by atoms with E-state index in [0.29, 0.717) is 25.3 Å². The third-order valence-corrected chi connectivity index (χ3v) is 4.68. The minimum Gasteiger partial charge on any atom is -0.382 e. The van der Waals surface area contributed by atoms with Crippen molar-refractivity contribution < 1.29 is 13.9 Å². The van der Waals surface area contributed by atoms with Crippen LogP contribution in [0.5, 0.6) is 0 Å². The second-order valence-corrected chi connectivity index (χ2v) is 6.56. The standard InChI is InChI=1S/C20H19F2N3O/c21-17-7-6-14(10-18(17)22)12-24-8-9-25-16(13-24)11-19(23-25)20(26)15-4-2-1-3-5-15/h1-7,10-11,20,26H,8-9,12-13H2/t20-/m1/s1. The Morgan fingerprint density at radius 3 is 2.58 bits per heavy atom. The Morgan fingerprint density at radius 1 is 1.00 bits per heavy atom. The van der Waals surface area contributed by atoms with Gasteiger partial charge in [0.15, 0.2) is 11.6 Å². The van der Waals surface area contributed by atoms with Crippen LogP contribution in [0.4, 0.5) is 8.78 Å². The van der Waals surface area contributed by atoms with Crippen molar-refractivity contribution in [3.63, 3.8) is 0 Å². The molecule has 0 fully saturated rings. The third-order valence-electron chi connectivity index (χ3n) is 4.68. The van der Waals surface area contributed by atoms with Crippen LogP contribution in [0.25, 0.3) is 0 Å². The number of aliphatic hydroxyl groups is 1. The summed E-state index contributed by atoms with van der Waals surface area (Å²) in [6.45, 7) is 2.64. The molecule has 0 unspecified atom stereocenters. The molecule has 4 nitrogen and oxygen atoms in total. The molecule has 0 bridgehead atoms. The molecule has 134 valence electrons. The largest absolute Gasteiger partial charge is 0.382 e. The fourth-order valence-corrected chi connectivity index (χ4v) is 3.31. The minimum atomic E-state index is -0.829. The first-order valence-corrected chi connectivity index (χ1v) is 8.56. The summed E-state index contributed by atoms with van der Waals surface area (Å²) in [5.74, 6) is -1.65. The van der Waals surface area contributed by atoms with Gasteiger partial charge in [-0.3, -0.25) is 9.58 Å². The van der Waals surface area contributed by atoms with E-state index in [1.807, 2.05) is 41.1 Å². The fourth-order valence-electron chi connectivity index (χ4n) is 3.31. The molecule has 1 N–H and O–H groups in total. The summed E-state index contributed by atoms with van der Waals surface area (Å²) in [6.07, 6.45) is -0.756. The molecule has 1 aliphatic heterocycles. The highest BCUT2D eigenvalue weighted by Crippen LogP contribution is 2.24. The number of fused-ring (bicyclic) bond motifs is 1. The highest BCUT2D eigenvalue weighted by molar-refractivity contribution is 5.27. The molecule has 0 saturated carbocycles. The highest BCUT2D eigenvalue weighted by Gasteiger charge is 2.22. The van der Waals surface area contributed by atoms with Crippen molar-refractivity contribution in [2.75, 3.05) is 6.54 Å². The van der Waals surface area contributed by atoms with Crippen molar-refractivity contribution in [1.29, 1.82) is 0 Å². The van der Waals surface area contributed by atoms with Crippen molar-refractivity contribution in [2.45, 2.75) is 25.7 Å². The van der Waals surface area contributed by atoms with Crippen LogP contribution in [0.15, 0.2) is 54.6 Å². The molecule has 0 spiro atoms. The Hall–Kier alpha value is -2.57. The molecule has 2 aromatic carbocycles. The molecule has 1 aromatic heterocycles. The summed E-state index contributed by atoms with van der Waals surface area (Å²) < 4.78 is 28.4. The van der Waals surface area contributed by atoms with Crippen LogP contribution in [0.2, 0.25) is 0 Å². The van der Waals surface area contributed by atoms with E-state index in [9.17, 15) is 13.9 Å². The number of aliphatic hydroxyl groups excluding tert-OH is 1. The summed E-state index contributed by atoms with van der Waals surface area (Å²) in [5, 5.41) is 15.1. The summed E-state index contributed by atoms with van der Waals surface area (Å²) in [6, 6.07) is 15.3. The number of hydrogen-bond acceptors (Lipinski definition) is 3. The van der Waals surface area contributed by atoms with E-state index >= 15 is 0 Å². The van der Waals surface area contributed by atoms with Crippen LogP contribution in [-0.2, 0) is 19.6 Å². The summed E-state index contributed by atoms with van der Waals surface area (Å²) in [4.78, 5) is 2.16. The second-order valence-electron chi connectivity index (χ2n) is 6.56. The van der Waals surface area contributed by atoms with Gasteiger partial charge in [0.2, 0.25) is 0 Å². The zero-order valence-electron chi connectivity index (χ0n) is 14.1. The molecule has 4 rings (SSSR count). The molecule has 0 radical (unpaired) electrons. The minimum absolute atomic E-state index is 0.541. The lowest BCUT2D eigenvalue weighted by atomic mass is 10.1. The molecule has 1 atom stereocenters. The van der Waals surface area contributed by atoms with Gasteiger partial charge in [0, 0.05) is 19.6 Å². The molecule has 26 heavy (non-hydrogen) atoms. The first kappa shape index (κ1) is 16.9. The van der Waals surface area contributed by atoms with Crippen LogP contribution in [0, 0.1) is 11.6 Å². The zero-order chi connectivity index (χ0) is 18.1. The average Bonchev–Trinajstić information content (AvgIpc) is 3.08. The predicted octanol–water partition coefficient (Wildman–Crippen LogP) is 3.26. The van der Waals surface area contributed by atoms with E-state index in [1.165, 1.54) is 6.07 Å². The first-order valence-electron chi connectivity index (χ1n) is 8.56. The fraction of sp³-hybridized carbons (Fsp3) is 0.250. The van der Waals surface area contributed by atoms with Gasteiger partial charge in [0.25, 0.3) is 0 Å². The van der Waals surface area contributed by atoms with E-state index in [1.54, 1.807) is 6.07 Å². The van der Waals surface area contributed by atoms with Crippen LogP contribution < -0.4 is 0 Å². The van der Waals surface area contributed by atoms with E-state index in [-0.39, 0.29) is 0 Å². The third kappa shape index (κ3) is 3.38. The summed E-state index contributed by atoms with van der Waals surface area (Å²) >= 11 is 0. The Balaban J connectivity index is 1.49. The maximum absolute atomic E-state index is 13.4. The van der Waals surface area contributed by atoms with E-state index in [2.05, 4.69) is 10.00 Å². The maximum atomic E-state index is 13.4. The van der Waals surface area contributed by atoms with Gasteiger partial charge in [0.05, 0.1) is 17.9 Å². The Kier molecular flexibility index (Phi) is 4.53. The lowest BCUT2D eigenvalue weighted by Gasteiger charge is -2.27. The van der Waals surface area contributed by atoms with Crippen LogP contribution in [0.1, 0.15) is 28.6 Å². The smallest absolute Gasteiger partial charge is 0.159 e. The Bertz CT molecular complexity index is 911. The van der Waals surface area contributed by atoms with Crippen LogP contribution in [0.3, 0.4) is 0 Å². The SMILES string of the molecule is O[C@H](c1ccccc1)c1cc2n(n1)CCN(Cc1ccc(F)c(F)c1)C2. The van der Waals surface area contributed by atoms with Crippen molar-refractivity contribution >= 4 is 0 Å². The van der Waals surface area contributed by atoms with Gasteiger partial charge in [-0.05, 0) is 29.3 Å². The highest BCUT2D eigenvalue weighted by atomic mass is 19.2. The molecule has 6 heteroatoms. The number of hydrogen-bond donors (Lipinski definition) is 1. The van der Waals surface area contributed by atoms with Gasteiger partial charge in [-0.25, -0.2) is 8.78 Å². The topological polar surface area (TPSA) is 41.3 Å². The van der Waals surface area contributed by atoms with Gasteiger partial charge in [-0.2, -0.15) is 5.10 Å². The predicted molar refractivity (Wildman–Crippen MR) is 93.2 cm³/mol. The monoisotopic (exact) mass is 355 g/mol. The van der Waals surface area contributed by atoms with Crippen molar-refractivity contribution in [3.8, 4) is 0 Å². The van der Waals surface area contributed by atoms with E-state index < -0.39 is 17.7 Å². The van der Waals surface area contributed by atoms with Crippen molar-refractivity contribution in [2.24, 2.45) is 0 Å². The number of nitrogens with zero attached hydrogens (tertiary/aromatic N) is 3.